The molecule has 8 aromatic carbocycles. The number of aromatic nitrogens is 1. The lowest BCUT2D eigenvalue weighted by molar-refractivity contribution is 1.18. The topological polar surface area (TPSA) is 28.7 Å². The molecule has 0 aliphatic rings. The predicted molar refractivity (Wildman–Crippen MR) is 197 cm³/mol. The largest absolute Gasteiger partial charge is 0.309 e. The van der Waals surface area contributed by atoms with Crippen LogP contribution in [0.15, 0.2) is 170 Å². The molecule has 0 unspecified atom stereocenters. The molecule has 0 aliphatic heterocycles. The monoisotopic (exact) mass is 596 g/mol. The third-order valence-corrected chi connectivity index (χ3v) is 9.44. The maximum Gasteiger partial charge on any atom is 0.0998 e. The summed E-state index contributed by atoms with van der Waals surface area (Å²) in [5.74, 6) is 0. The second-order valence-electron chi connectivity index (χ2n) is 12.0. The Labute approximate surface area is 273 Å². The van der Waals surface area contributed by atoms with E-state index in [-0.39, 0.29) is 0 Å². The highest BCUT2D eigenvalue weighted by atomic mass is 15.0. The van der Waals surface area contributed by atoms with Crippen molar-refractivity contribution in [2.45, 2.75) is 0 Å². The van der Waals surface area contributed by atoms with Crippen molar-refractivity contribution in [2.75, 3.05) is 0 Å². The van der Waals surface area contributed by atoms with Crippen LogP contribution in [0, 0.1) is 11.3 Å². The second kappa shape index (κ2) is 10.9. The summed E-state index contributed by atoms with van der Waals surface area (Å²) in [5.41, 5.74) is 10.7. The molecule has 218 valence electrons. The van der Waals surface area contributed by atoms with Gasteiger partial charge in [-0.05, 0) is 73.6 Å². The van der Waals surface area contributed by atoms with Crippen molar-refractivity contribution < 1.29 is 0 Å². The average molecular weight is 597 g/mol. The van der Waals surface area contributed by atoms with Gasteiger partial charge in [0.15, 0.2) is 0 Å². The zero-order valence-corrected chi connectivity index (χ0v) is 25.6. The molecule has 0 fully saturated rings. The molecule has 47 heavy (non-hydrogen) atoms. The smallest absolute Gasteiger partial charge is 0.0998 e. The van der Waals surface area contributed by atoms with Crippen LogP contribution in [0.1, 0.15) is 5.56 Å². The van der Waals surface area contributed by atoms with Crippen molar-refractivity contribution in [3.63, 3.8) is 0 Å². The predicted octanol–water partition coefficient (Wildman–Crippen LogP) is 12.0. The third-order valence-electron chi connectivity index (χ3n) is 9.44. The van der Waals surface area contributed by atoms with Gasteiger partial charge in [-0.2, -0.15) is 5.26 Å². The van der Waals surface area contributed by atoms with E-state index < -0.39 is 0 Å². The van der Waals surface area contributed by atoms with Gasteiger partial charge in [-0.3, -0.25) is 0 Å². The summed E-state index contributed by atoms with van der Waals surface area (Å²) < 4.78 is 2.30. The standard InChI is InChI=1S/C45H28N2/c46-29-33-15-12-24-42(47-40-22-10-8-16-34(40)35-17-9-11-23-41(35)47)43(33)31-25-27-32(28-26-31)45-38-20-6-4-18-36(38)44(30-13-2-1-3-14-30)37-19-5-7-21-39(37)45/h1-28H. The molecule has 1 aromatic heterocycles. The highest BCUT2D eigenvalue weighted by molar-refractivity contribution is 6.21. The molecule has 2 heteroatoms. The lowest BCUT2D eigenvalue weighted by Gasteiger charge is -2.18. The molecule has 0 saturated carbocycles. The summed E-state index contributed by atoms with van der Waals surface area (Å²) in [6.45, 7) is 0. The molecule has 0 aliphatic carbocycles. The first-order chi connectivity index (χ1) is 23.3. The van der Waals surface area contributed by atoms with E-state index >= 15 is 0 Å². The van der Waals surface area contributed by atoms with Crippen molar-refractivity contribution >= 4 is 43.4 Å². The first-order valence-electron chi connectivity index (χ1n) is 15.9. The maximum atomic E-state index is 10.4. The molecule has 2 nitrogen and oxygen atoms in total. The Morgan fingerprint density at radius 1 is 0.340 bits per heavy atom. The van der Waals surface area contributed by atoms with E-state index in [9.17, 15) is 5.26 Å². The van der Waals surface area contributed by atoms with Crippen LogP contribution in [0.2, 0.25) is 0 Å². The normalized spacial score (nSPS) is 11.4. The van der Waals surface area contributed by atoms with Crippen molar-refractivity contribution in [3.05, 3.63) is 175 Å². The molecule has 0 N–H and O–H groups in total. The minimum atomic E-state index is 0.653. The number of rotatable bonds is 4. The van der Waals surface area contributed by atoms with Crippen LogP contribution in [0.25, 0.3) is 82.4 Å². The van der Waals surface area contributed by atoms with Crippen LogP contribution in [-0.4, -0.2) is 4.57 Å². The molecular weight excluding hydrogens is 569 g/mol. The molecule has 0 amide bonds. The Kier molecular flexibility index (Phi) is 6.23. The Hall–Kier alpha value is -6.43. The molecule has 0 atom stereocenters. The SMILES string of the molecule is N#Cc1cccc(-n2c3ccccc3c3ccccc32)c1-c1ccc(-c2c3ccccc3c(-c3ccccc3)c3ccccc23)cc1. The van der Waals surface area contributed by atoms with Crippen LogP contribution in [0.4, 0.5) is 0 Å². The summed E-state index contributed by atoms with van der Waals surface area (Å²) in [7, 11) is 0. The van der Waals surface area contributed by atoms with Crippen molar-refractivity contribution in [2.24, 2.45) is 0 Å². The van der Waals surface area contributed by atoms with Gasteiger partial charge in [0, 0.05) is 16.3 Å². The molecular formula is C45H28N2. The fraction of sp³-hybridized carbons (Fsp3) is 0. The number of fused-ring (bicyclic) bond motifs is 5. The van der Waals surface area contributed by atoms with Crippen LogP contribution in [0.3, 0.4) is 0 Å². The highest BCUT2D eigenvalue weighted by Gasteiger charge is 2.19. The van der Waals surface area contributed by atoms with Gasteiger partial charge in [-0.25, -0.2) is 0 Å². The van der Waals surface area contributed by atoms with E-state index in [0.29, 0.717) is 5.56 Å². The second-order valence-corrected chi connectivity index (χ2v) is 12.0. The van der Waals surface area contributed by atoms with Crippen molar-refractivity contribution in [1.29, 1.82) is 5.26 Å². The van der Waals surface area contributed by atoms with E-state index in [4.69, 9.17) is 0 Å². The van der Waals surface area contributed by atoms with Gasteiger partial charge in [0.1, 0.15) is 0 Å². The summed E-state index contributed by atoms with van der Waals surface area (Å²) >= 11 is 0. The Bertz CT molecular complexity index is 2560. The first kappa shape index (κ1) is 26.9. The van der Waals surface area contributed by atoms with E-state index in [0.717, 1.165) is 33.4 Å². The third kappa shape index (κ3) is 4.18. The van der Waals surface area contributed by atoms with Gasteiger partial charge in [0.05, 0.1) is 28.4 Å². The van der Waals surface area contributed by atoms with Gasteiger partial charge >= 0.3 is 0 Å². The lowest BCUT2D eigenvalue weighted by Crippen LogP contribution is -1.99. The summed E-state index contributed by atoms with van der Waals surface area (Å²) in [6, 6.07) is 62.5. The van der Waals surface area contributed by atoms with Gasteiger partial charge in [-0.15, -0.1) is 0 Å². The van der Waals surface area contributed by atoms with E-state index in [1.54, 1.807) is 0 Å². The highest BCUT2D eigenvalue weighted by Crippen LogP contribution is 2.44. The fourth-order valence-electron chi connectivity index (χ4n) is 7.46. The van der Waals surface area contributed by atoms with Crippen LogP contribution >= 0.6 is 0 Å². The molecule has 0 radical (unpaired) electrons. The number of nitriles is 1. The number of hydrogen-bond donors (Lipinski definition) is 0. The Morgan fingerprint density at radius 2 is 0.745 bits per heavy atom. The lowest BCUT2D eigenvalue weighted by atomic mass is 9.85. The molecule has 0 spiro atoms. The zero-order valence-electron chi connectivity index (χ0n) is 25.6. The Morgan fingerprint density at radius 3 is 1.23 bits per heavy atom. The van der Waals surface area contributed by atoms with E-state index in [1.807, 2.05) is 12.1 Å². The molecule has 9 rings (SSSR count). The maximum absolute atomic E-state index is 10.4. The van der Waals surface area contributed by atoms with Crippen molar-refractivity contribution in [1.82, 2.24) is 4.57 Å². The van der Waals surface area contributed by atoms with Gasteiger partial charge in [0.25, 0.3) is 0 Å². The summed E-state index contributed by atoms with van der Waals surface area (Å²) in [6.07, 6.45) is 0. The minimum Gasteiger partial charge on any atom is -0.309 e. The summed E-state index contributed by atoms with van der Waals surface area (Å²) in [5, 5.41) is 17.7. The minimum absolute atomic E-state index is 0.653. The van der Waals surface area contributed by atoms with Gasteiger partial charge < -0.3 is 4.57 Å². The molecule has 1 heterocycles. The fourth-order valence-corrected chi connectivity index (χ4v) is 7.46. The number of nitrogens with zero attached hydrogens (tertiary/aromatic N) is 2. The molecule has 9 aromatic rings. The number of benzene rings is 8. The van der Waals surface area contributed by atoms with Crippen LogP contribution in [0.5, 0.6) is 0 Å². The van der Waals surface area contributed by atoms with Gasteiger partial charge in [-0.1, -0.05) is 146 Å². The average Bonchev–Trinajstić information content (AvgIpc) is 3.48. The molecule has 0 bridgehead atoms. The molecule has 0 saturated heterocycles. The van der Waals surface area contributed by atoms with Crippen LogP contribution < -0.4 is 0 Å². The van der Waals surface area contributed by atoms with Gasteiger partial charge in [0.2, 0.25) is 0 Å². The number of para-hydroxylation sites is 2. The first-order valence-corrected chi connectivity index (χ1v) is 15.9. The van der Waals surface area contributed by atoms with Crippen molar-refractivity contribution in [3.8, 4) is 45.1 Å². The van der Waals surface area contributed by atoms with Crippen LogP contribution in [-0.2, 0) is 0 Å². The zero-order chi connectivity index (χ0) is 31.3. The van der Waals surface area contributed by atoms with E-state index in [1.165, 1.54) is 49.0 Å². The van der Waals surface area contributed by atoms with E-state index in [2.05, 4.69) is 168 Å². The Balaban J connectivity index is 1.27. The quantitative estimate of drug-likeness (QED) is 0.186. The number of hydrogen-bond acceptors (Lipinski definition) is 1. The summed E-state index contributed by atoms with van der Waals surface area (Å²) in [4.78, 5) is 0.